The molecule has 250 valence electrons. The van der Waals surface area contributed by atoms with E-state index in [1.54, 1.807) is 67.6 Å². The highest BCUT2D eigenvalue weighted by Gasteiger charge is 2.77. The monoisotopic (exact) mass is 727 g/mol. The van der Waals surface area contributed by atoms with E-state index >= 15 is 0 Å². The summed E-state index contributed by atoms with van der Waals surface area (Å²) in [6.45, 7) is 8.88. The third-order valence-electron chi connectivity index (χ3n) is 9.18. The number of esters is 1. The lowest BCUT2D eigenvalue weighted by molar-refractivity contribution is -0.160. The number of halogens is 2. The van der Waals surface area contributed by atoms with Crippen LogP contribution in [-0.2, 0) is 28.7 Å². The average molecular weight is 729 g/mol. The topological polar surface area (TPSA) is 125 Å². The van der Waals surface area contributed by atoms with Crippen molar-refractivity contribution in [3.05, 3.63) is 90.5 Å². The maximum atomic E-state index is 14.6. The van der Waals surface area contributed by atoms with E-state index in [0.717, 1.165) is 0 Å². The lowest BCUT2D eigenvalue weighted by Gasteiger charge is -2.38. The number of carbonyl (C=O) groups is 4. The van der Waals surface area contributed by atoms with Gasteiger partial charge >= 0.3 is 5.97 Å². The molecule has 3 aliphatic rings. The highest BCUT2D eigenvalue weighted by molar-refractivity contribution is 9.09. The summed E-state index contributed by atoms with van der Waals surface area (Å²) in [7, 11) is 0. The number of hydrogen-bond donors (Lipinski definition) is 2. The van der Waals surface area contributed by atoms with Crippen LogP contribution in [0.5, 0.6) is 0 Å². The summed E-state index contributed by atoms with van der Waals surface area (Å²) in [5, 5.41) is 13.6. The zero-order valence-corrected chi connectivity index (χ0v) is 28.4. The van der Waals surface area contributed by atoms with Crippen molar-refractivity contribution in [2.24, 2.45) is 11.8 Å². The number of carbonyl (C=O) groups excluding carboxylic acids is 4. The normalized spacial score (nSPS) is 27.1. The molecule has 2 N–H and O–H groups in total. The second-order valence-corrected chi connectivity index (χ2v) is 13.7. The first kappa shape index (κ1) is 34.8. The number of nitrogens with zero attached hydrogens (tertiary/aromatic N) is 2. The molecule has 3 aliphatic heterocycles. The maximum absolute atomic E-state index is 14.6. The molecule has 1 unspecified atom stereocenters. The predicted molar refractivity (Wildman–Crippen MR) is 181 cm³/mol. The van der Waals surface area contributed by atoms with E-state index in [1.807, 2.05) is 6.07 Å². The first-order valence-corrected chi connectivity index (χ1v) is 16.9. The molecule has 2 aromatic rings. The number of allylic oxidation sites excluding steroid dienone is 1. The SMILES string of the molecule is C=CCCC(=O)NC[C@H](OC(=O)[C@H]1[C@@H]2O[C@@]3(CC2Br)[C@@H]1C(=O)N([C@H](C)CO)[C@@H]3C(=O)N(CC=C)c1ccc(Cl)cc1)c1ccccc1. The van der Waals surface area contributed by atoms with Gasteiger partial charge in [-0.15, -0.1) is 13.2 Å². The van der Waals surface area contributed by atoms with E-state index < -0.39 is 66.1 Å². The van der Waals surface area contributed by atoms with Gasteiger partial charge in [0.1, 0.15) is 17.7 Å². The molecule has 0 aromatic heterocycles. The van der Waals surface area contributed by atoms with Crippen molar-refractivity contribution in [2.45, 2.75) is 60.9 Å². The summed E-state index contributed by atoms with van der Waals surface area (Å²) in [5.74, 6) is -3.85. The number of alkyl halides is 1. The average Bonchev–Trinajstić information content (AvgIpc) is 3.67. The van der Waals surface area contributed by atoms with Crippen molar-refractivity contribution in [2.75, 3.05) is 24.6 Å². The third-order valence-corrected chi connectivity index (χ3v) is 10.3. The number of fused-ring (bicyclic) bond motifs is 1. The summed E-state index contributed by atoms with van der Waals surface area (Å²) in [4.78, 5) is 58.1. The number of aliphatic hydroxyl groups excluding tert-OH is 1. The largest absolute Gasteiger partial charge is 0.455 e. The van der Waals surface area contributed by atoms with Crippen LogP contribution >= 0.6 is 27.5 Å². The van der Waals surface area contributed by atoms with Crippen LogP contribution in [0.2, 0.25) is 5.02 Å². The summed E-state index contributed by atoms with van der Waals surface area (Å²) < 4.78 is 12.7. The van der Waals surface area contributed by atoms with E-state index in [4.69, 9.17) is 21.1 Å². The van der Waals surface area contributed by atoms with Gasteiger partial charge in [-0.25, -0.2) is 0 Å². The molecule has 2 bridgehead atoms. The van der Waals surface area contributed by atoms with Crippen LogP contribution in [0.4, 0.5) is 5.69 Å². The minimum atomic E-state index is -1.37. The highest BCUT2D eigenvalue weighted by Crippen LogP contribution is 2.61. The Kier molecular flexibility index (Phi) is 10.9. The Balaban J connectivity index is 1.49. The van der Waals surface area contributed by atoms with Crippen LogP contribution in [0.3, 0.4) is 0 Å². The molecule has 3 saturated heterocycles. The van der Waals surface area contributed by atoms with Crippen LogP contribution in [0, 0.1) is 11.8 Å². The van der Waals surface area contributed by atoms with Gasteiger partial charge in [0.15, 0.2) is 0 Å². The van der Waals surface area contributed by atoms with Crippen molar-refractivity contribution < 1.29 is 33.8 Å². The van der Waals surface area contributed by atoms with E-state index in [1.165, 1.54) is 9.80 Å². The number of benzene rings is 2. The molecular weight excluding hydrogens is 690 g/mol. The smallest absolute Gasteiger partial charge is 0.313 e. The van der Waals surface area contributed by atoms with Crippen molar-refractivity contribution in [1.29, 1.82) is 0 Å². The number of rotatable bonds is 14. The molecular formula is C35H39BrClN3O7. The molecule has 8 atom stereocenters. The molecule has 47 heavy (non-hydrogen) atoms. The highest BCUT2D eigenvalue weighted by atomic mass is 79.9. The third kappa shape index (κ3) is 6.63. The summed E-state index contributed by atoms with van der Waals surface area (Å²) in [5.41, 5.74) is -0.154. The van der Waals surface area contributed by atoms with Gasteiger partial charge in [0.25, 0.3) is 5.91 Å². The predicted octanol–water partition coefficient (Wildman–Crippen LogP) is 4.35. The van der Waals surface area contributed by atoms with Crippen molar-refractivity contribution in [3.8, 4) is 0 Å². The van der Waals surface area contributed by atoms with Crippen LogP contribution in [0.15, 0.2) is 79.9 Å². The van der Waals surface area contributed by atoms with Gasteiger partial charge in [-0.2, -0.15) is 0 Å². The number of nitrogens with one attached hydrogen (secondary N) is 1. The second-order valence-electron chi connectivity index (χ2n) is 12.1. The van der Waals surface area contributed by atoms with E-state index in [0.29, 0.717) is 22.7 Å². The van der Waals surface area contributed by atoms with Crippen molar-refractivity contribution in [3.63, 3.8) is 0 Å². The molecule has 12 heteroatoms. The standard InChI is InChI=1S/C35H39BrClN3O7/c1-4-6-12-27(42)38-19-26(22-10-8-7-9-11-22)46-34(45)28-29-32(43)40(21(3)20-41)31(35(29)18-25(36)30(28)47-35)33(44)39(17-5-2)24-15-13-23(37)14-16-24/h4-5,7-11,13-16,21,25-26,28-31,41H,1-2,6,12,17-20H2,3H3,(H,38,42)/t21-,25?,26+,28-,29+,30-,31-,35+/m1/s1. The van der Waals surface area contributed by atoms with Crippen LogP contribution < -0.4 is 10.2 Å². The molecule has 0 radical (unpaired) electrons. The number of anilines is 1. The minimum Gasteiger partial charge on any atom is -0.455 e. The van der Waals surface area contributed by atoms with Crippen molar-refractivity contribution >= 4 is 56.9 Å². The summed E-state index contributed by atoms with van der Waals surface area (Å²) in [6, 6.07) is 13.9. The molecule has 0 saturated carbocycles. The zero-order chi connectivity index (χ0) is 33.9. The van der Waals surface area contributed by atoms with Gasteiger partial charge < -0.3 is 29.7 Å². The molecule has 3 amide bonds. The van der Waals surface area contributed by atoms with Crippen molar-refractivity contribution in [1.82, 2.24) is 10.2 Å². The van der Waals surface area contributed by atoms with Crippen LogP contribution in [0.1, 0.15) is 37.9 Å². The van der Waals surface area contributed by atoms with Gasteiger partial charge in [0.05, 0.1) is 37.1 Å². The van der Waals surface area contributed by atoms with Gasteiger partial charge in [-0.3, -0.25) is 19.2 Å². The lowest BCUT2D eigenvalue weighted by atomic mass is 9.70. The molecule has 10 nitrogen and oxygen atoms in total. The number of aliphatic hydroxyl groups is 1. The van der Waals surface area contributed by atoms with Gasteiger partial charge in [-0.05, 0) is 49.6 Å². The first-order chi connectivity index (χ1) is 22.6. The quantitative estimate of drug-likeness (QED) is 0.168. The molecule has 0 aliphatic carbocycles. The Morgan fingerprint density at radius 1 is 1.19 bits per heavy atom. The van der Waals surface area contributed by atoms with E-state index in [9.17, 15) is 24.3 Å². The second kappa shape index (κ2) is 14.7. The van der Waals surface area contributed by atoms with Crippen LogP contribution in [0.25, 0.3) is 0 Å². The number of ether oxygens (including phenoxy) is 2. The van der Waals surface area contributed by atoms with Gasteiger partial charge in [0.2, 0.25) is 11.8 Å². The zero-order valence-electron chi connectivity index (χ0n) is 26.1. The fourth-order valence-electron chi connectivity index (χ4n) is 7.04. The molecule has 2 aromatic carbocycles. The summed E-state index contributed by atoms with van der Waals surface area (Å²) >= 11 is 9.80. The Morgan fingerprint density at radius 2 is 1.89 bits per heavy atom. The minimum absolute atomic E-state index is 0.0257. The fourth-order valence-corrected chi connectivity index (χ4v) is 8.11. The van der Waals surface area contributed by atoms with E-state index in [-0.39, 0.29) is 36.7 Å². The van der Waals surface area contributed by atoms with Crippen LogP contribution in [-0.4, -0.2) is 82.0 Å². The first-order valence-electron chi connectivity index (χ1n) is 15.6. The molecule has 3 fully saturated rings. The molecule has 5 rings (SSSR count). The fraction of sp³-hybridized carbons (Fsp3) is 0.429. The maximum Gasteiger partial charge on any atom is 0.313 e. The Hall–Kier alpha value is -3.51. The molecule has 3 heterocycles. The van der Waals surface area contributed by atoms with Gasteiger partial charge in [-0.1, -0.05) is 70.0 Å². The molecule has 1 spiro atoms. The van der Waals surface area contributed by atoms with E-state index in [2.05, 4.69) is 34.4 Å². The lowest BCUT2D eigenvalue weighted by Crippen LogP contribution is -2.58. The number of likely N-dealkylation sites (tertiary alicyclic amines) is 1. The number of hydrogen-bond acceptors (Lipinski definition) is 7. The Labute approximate surface area is 287 Å². The van der Waals surface area contributed by atoms with Gasteiger partial charge in [0, 0.05) is 28.5 Å². The Bertz CT molecular complexity index is 1510. The summed E-state index contributed by atoms with van der Waals surface area (Å²) in [6.07, 6.45) is 2.68. The number of amides is 3. The Morgan fingerprint density at radius 3 is 2.53 bits per heavy atom.